The van der Waals surface area contributed by atoms with Crippen LogP contribution in [0.5, 0.6) is 11.5 Å². The molecule has 0 aromatic heterocycles. The van der Waals surface area contributed by atoms with Crippen molar-refractivity contribution < 1.29 is 19.1 Å². The normalized spacial score (nSPS) is 10.9. The van der Waals surface area contributed by atoms with Crippen molar-refractivity contribution in [3.8, 4) is 11.5 Å². The van der Waals surface area contributed by atoms with Crippen LogP contribution in [0, 0.1) is 0 Å². The van der Waals surface area contributed by atoms with Crippen LogP contribution in [0.1, 0.15) is 15.9 Å². The molecule has 0 unspecified atom stereocenters. The van der Waals surface area contributed by atoms with Crippen LogP contribution in [0.4, 0.5) is 5.69 Å². The van der Waals surface area contributed by atoms with Gasteiger partial charge >= 0.3 is 0 Å². The predicted octanol–water partition coefficient (Wildman–Crippen LogP) is 4.88. The number of hydrogen-bond acceptors (Lipinski definition) is 4. The summed E-state index contributed by atoms with van der Waals surface area (Å²) in [6, 6.07) is 21.1. The highest BCUT2D eigenvalue weighted by atomic mass is 79.9. The standard InChI is InChI=1S/C24H21BrN2O4/c1-30-21-12-11-16(14-22(21)31-2)13-20(27-23(28)17-7-4-3-5-8-17)24(29)26-19-10-6-9-18(25)15-19/h3-15H,1-2H3,(H,26,29)(H,27,28). The van der Waals surface area contributed by atoms with Gasteiger partial charge in [-0.3, -0.25) is 9.59 Å². The minimum Gasteiger partial charge on any atom is -0.493 e. The quantitative estimate of drug-likeness (QED) is 0.472. The fourth-order valence-electron chi connectivity index (χ4n) is 2.82. The van der Waals surface area contributed by atoms with Crippen molar-refractivity contribution in [2.45, 2.75) is 0 Å². The number of halogens is 1. The second kappa shape index (κ2) is 10.4. The van der Waals surface area contributed by atoms with Gasteiger partial charge in [0.05, 0.1) is 14.2 Å². The monoisotopic (exact) mass is 480 g/mol. The van der Waals surface area contributed by atoms with Gasteiger partial charge in [0.1, 0.15) is 5.70 Å². The second-order valence-electron chi connectivity index (χ2n) is 6.46. The first-order valence-corrected chi connectivity index (χ1v) is 10.2. The highest BCUT2D eigenvalue weighted by Crippen LogP contribution is 2.28. The van der Waals surface area contributed by atoms with Crippen molar-refractivity contribution in [3.63, 3.8) is 0 Å². The lowest BCUT2D eigenvalue weighted by Crippen LogP contribution is -2.30. The SMILES string of the molecule is COc1ccc(C=C(NC(=O)c2ccccc2)C(=O)Nc2cccc(Br)c2)cc1OC. The Morgan fingerprint density at radius 3 is 2.29 bits per heavy atom. The minimum atomic E-state index is -0.461. The smallest absolute Gasteiger partial charge is 0.272 e. The summed E-state index contributed by atoms with van der Waals surface area (Å²) in [5.74, 6) is 0.222. The molecule has 158 valence electrons. The van der Waals surface area contributed by atoms with Crippen LogP contribution in [0.3, 0.4) is 0 Å². The first-order valence-electron chi connectivity index (χ1n) is 9.37. The number of amides is 2. The number of hydrogen-bond donors (Lipinski definition) is 2. The van der Waals surface area contributed by atoms with Crippen LogP contribution in [-0.2, 0) is 4.79 Å². The van der Waals surface area contributed by atoms with Gasteiger partial charge in [-0.25, -0.2) is 0 Å². The Hall–Kier alpha value is -3.58. The number of methoxy groups -OCH3 is 2. The highest BCUT2D eigenvalue weighted by Gasteiger charge is 2.16. The molecule has 0 spiro atoms. The van der Waals surface area contributed by atoms with Crippen molar-refractivity contribution in [1.82, 2.24) is 5.32 Å². The third-order valence-corrected chi connectivity index (χ3v) is 4.82. The van der Waals surface area contributed by atoms with Gasteiger partial charge < -0.3 is 20.1 Å². The summed E-state index contributed by atoms with van der Waals surface area (Å²) < 4.78 is 11.4. The molecular formula is C24H21BrN2O4. The summed E-state index contributed by atoms with van der Waals surface area (Å²) in [6.45, 7) is 0. The topological polar surface area (TPSA) is 76.7 Å². The number of anilines is 1. The van der Waals surface area contributed by atoms with Gasteiger partial charge in [0, 0.05) is 15.7 Å². The molecule has 0 aliphatic heterocycles. The molecule has 0 atom stereocenters. The Labute approximate surface area is 189 Å². The summed E-state index contributed by atoms with van der Waals surface area (Å²) in [5, 5.41) is 5.51. The number of nitrogens with one attached hydrogen (secondary N) is 2. The zero-order chi connectivity index (χ0) is 22.2. The molecule has 0 heterocycles. The van der Waals surface area contributed by atoms with Crippen LogP contribution < -0.4 is 20.1 Å². The molecule has 3 rings (SSSR count). The van der Waals surface area contributed by atoms with Gasteiger partial charge in [0.2, 0.25) is 0 Å². The molecule has 0 saturated heterocycles. The molecule has 7 heteroatoms. The largest absolute Gasteiger partial charge is 0.493 e. The minimum absolute atomic E-state index is 0.0843. The number of rotatable bonds is 7. The maximum absolute atomic E-state index is 13.0. The van der Waals surface area contributed by atoms with E-state index in [4.69, 9.17) is 9.47 Å². The van der Waals surface area contributed by atoms with Crippen molar-refractivity contribution in [1.29, 1.82) is 0 Å². The lowest BCUT2D eigenvalue weighted by molar-refractivity contribution is -0.113. The average Bonchev–Trinajstić information content (AvgIpc) is 2.79. The Kier molecular flexibility index (Phi) is 7.45. The molecule has 3 aromatic carbocycles. The van der Waals surface area contributed by atoms with E-state index in [0.717, 1.165) is 4.47 Å². The van der Waals surface area contributed by atoms with E-state index in [1.165, 1.54) is 7.11 Å². The third kappa shape index (κ3) is 5.96. The fraction of sp³-hybridized carbons (Fsp3) is 0.0833. The van der Waals surface area contributed by atoms with Gasteiger partial charge in [-0.15, -0.1) is 0 Å². The summed E-state index contributed by atoms with van der Waals surface area (Å²) >= 11 is 3.38. The fourth-order valence-corrected chi connectivity index (χ4v) is 3.22. The number of ether oxygens (including phenoxy) is 2. The maximum atomic E-state index is 13.0. The Balaban J connectivity index is 1.94. The van der Waals surface area contributed by atoms with E-state index in [1.54, 1.807) is 73.8 Å². The van der Waals surface area contributed by atoms with Crippen LogP contribution in [0.15, 0.2) is 83.0 Å². The molecule has 2 amide bonds. The van der Waals surface area contributed by atoms with E-state index < -0.39 is 11.8 Å². The molecule has 0 fully saturated rings. The molecule has 2 N–H and O–H groups in total. The molecule has 3 aromatic rings. The molecule has 0 aliphatic carbocycles. The summed E-state index contributed by atoms with van der Waals surface area (Å²) in [7, 11) is 3.08. The highest BCUT2D eigenvalue weighted by molar-refractivity contribution is 9.10. The molecule has 31 heavy (non-hydrogen) atoms. The molecule has 6 nitrogen and oxygen atoms in total. The molecule has 0 bridgehead atoms. The first-order chi connectivity index (χ1) is 15.0. The molecule has 0 saturated carbocycles. The predicted molar refractivity (Wildman–Crippen MR) is 124 cm³/mol. The van der Waals surface area contributed by atoms with E-state index in [9.17, 15) is 9.59 Å². The first kappa shape index (κ1) is 22.1. The Morgan fingerprint density at radius 1 is 0.871 bits per heavy atom. The van der Waals surface area contributed by atoms with Gasteiger partial charge in [-0.05, 0) is 54.1 Å². The van der Waals surface area contributed by atoms with E-state index in [2.05, 4.69) is 26.6 Å². The number of carbonyl (C=O) groups is 2. The van der Waals surface area contributed by atoms with Gasteiger partial charge in [-0.2, -0.15) is 0 Å². The summed E-state index contributed by atoms with van der Waals surface area (Å²) in [6.07, 6.45) is 1.58. The number of carbonyl (C=O) groups excluding carboxylic acids is 2. The number of benzene rings is 3. The molecule has 0 aliphatic rings. The Morgan fingerprint density at radius 2 is 1.61 bits per heavy atom. The summed E-state index contributed by atoms with van der Waals surface area (Å²) in [4.78, 5) is 25.7. The summed E-state index contributed by atoms with van der Waals surface area (Å²) in [5.41, 5.74) is 1.77. The second-order valence-corrected chi connectivity index (χ2v) is 7.37. The van der Waals surface area contributed by atoms with Crippen molar-refractivity contribution in [2.75, 3.05) is 19.5 Å². The third-order valence-electron chi connectivity index (χ3n) is 4.33. The van der Waals surface area contributed by atoms with Gasteiger partial charge in [0.25, 0.3) is 11.8 Å². The average molecular weight is 481 g/mol. The van der Waals surface area contributed by atoms with Crippen LogP contribution in [-0.4, -0.2) is 26.0 Å². The van der Waals surface area contributed by atoms with E-state index in [1.807, 2.05) is 12.1 Å². The van der Waals surface area contributed by atoms with E-state index >= 15 is 0 Å². The molecule has 0 radical (unpaired) electrons. The zero-order valence-electron chi connectivity index (χ0n) is 17.0. The van der Waals surface area contributed by atoms with Crippen molar-refractivity contribution >= 4 is 39.5 Å². The molecular weight excluding hydrogens is 460 g/mol. The van der Waals surface area contributed by atoms with Crippen LogP contribution in [0.2, 0.25) is 0 Å². The van der Waals surface area contributed by atoms with Crippen LogP contribution in [0.25, 0.3) is 6.08 Å². The van der Waals surface area contributed by atoms with Crippen LogP contribution >= 0.6 is 15.9 Å². The van der Waals surface area contributed by atoms with Crippen molar-refractivity contribution in [2.24, 2.45) is 0 Å². The zero-order valence-corrected chi connectivity index (χ0v) is 18.6. The van der Waals surface area contributed by atoms with Crippen molar-refractivity contribution in [3.05, 3.63) is 94.1 Å². The maximum Gasteiger partial charge on any atom is 0.272 e. The van der Waals surface area contributed by atoms with Gasteiger partial charge in [-0.1, -0.05) is 46.3 Å². The lowest BCUT2D eigenvalue weighted by Gasteiger charge is -2.12. The van der Waals surface area contributed by atoms with E-state index in [-0.39, 0.29) is 5.70 Å². The lowest BCUT2D eigenvalue weighted by atomic mass is 10.1. The Bertz CT molecular complexity index is 1110. The van der Waals surface area contributed by atoms with E-state index in [0.29, 0.717) is 28.3 Å². The van der Waals surface area contributed by atoms with Gasteiger partial charge in [0.15, 0.2) is 11.5 Å².